The lowest BCUT2D eigenvalue weighted by Gasteiger charge is -2.38. The number of hydrogen-bond acceptors (Lipinski definition) is 2. The molecule has 2 aliphatic rings. The van der Waals surface area contributed by atoms with Gasteiger partial charge in [-0.05, 0) is 65.0 Å². The lowest BCUT2D eigenvalue weighted by atomic mass is 9.86. The number of nitrogens with one attached hydrogen (secondary N) is 1. The molecule has 0 aromatic carbocycles. The summed E-state index contributed by atoms with van der Waals surface area (Å²) in [6, 6.07) is 0.871. The van der Waals surface area contributed by atoms with Gasteiger partial charge in [0.25, 0.3) is 0 Å². The highest BCUT2D eigenvalue weighted by Gasteiger charge is 2.30. The summed E-state index contributed by atoms with van der Waals surface area (Å²) in [5.74, 6) is 0.967. The van der Waals surface area contributed by atoms with Gasteiger partial charge in [0.05, 0.1) is 0 Å². The minimum Gasteiger partial charge on any atom is -0.310 e. The zero-order valence-corrected chi connectivity index (χ0v) is 11.3. The fraction of sp³-hybridized carbons (Fsp3) is 1.00. The Kier molecular flexibility index (Phi) is 3.91. The first-order chi connectivity index (χ1) is 7.57. The van der Waals surface area contributed by atoms with Gasteiger partial charge in [0.2, 0.25) is 0 Å². The van der Waals surface area contributed by atoms with E-state index in [1.165, 1.54) is 51.7 Å². The van der Waals surface area contributed by atoms with Crippen LogP contribution in [-0.4, -0.2) is 36.1 Å². The van der Waals surface area contributed by atoms with E-state index >= 15 is 0 Å². The fourth-order valence-corrected chi connectivity index (χ4v) is 3.27. The van der Waals surface area contributed by atoms with E-state index in [0.29, 0.717) is 5.54 Å². The summed E-state index contributed by atoms with van der Waals surface area (Å²) in [6.07, 6.45) is 7.05. The van der Waals surface area contributed by atoms with E-state index in [1.807, 2.05) is 0 Å². The van der Waals surface area contributed by atoms with Crippen molar-refractivity contribution < 1.29 is 0 Å². The van der Waals surface area contributed by atoms with Crippen molar-refractivity contribution in [3.8, 4) is 0 Å². The number of hydrogen-bond donors (Lipinski definition) is 1. The van der Waals surface area contributed by atoms with Crippen LogP contribution in [0.15, 0.2) is 0 Å². The SMILES string of the molecule is CC1CCC(N2CCCNC(C)(C)C2)CC1. The average Bonchev–Trinajstić information content (AvgIpc) is 2.40. The molecule has 0 unspecified atom stereocenters. The minimum absolute atomic E-state index is 0.305. The maximum Gasteiger partial charge on any atom is 0.0252 e. The lowest BCUT2D eigenvalue weighted by molar-refractivity contribution is 0.123. The molecule has 2 rings (SSSR count). The van der Waals surface area contributed by atoms with Crippen molar-refractivity contribution in [2.24, 2.45) is 5.92 Å². The molecule has 0 bridgehead atoms. The second-order valence-electron chi connectivity index (χ2n) is 6.55. The van der Waals surface area contributed by atoms with E-state index < -0.39 is 0 Å². The standard InChI is InChI=1S/C14H28N2/c1-12-5-7-13(8-6-12)16-10-4-9-15-14(2,3)11-16/h12-13,15H,4-11H2,1-3H3. The molecule has 94 valence electrons. The van der Waals surface area contributed by atoms with Gasteiger partial charge >= 0.3 is 0 Å². The molecule has 2 nitrogen and oxygen atoms in total. The third kappa shape index (κ3) is 3.21. The van der Waals surface area contributed by atoms with Crippen molar-refractivity contribution >= 4 is 0 Å². The first kappa shape index (κ1) is 12.4. The van der Waals surface area contributed by atoms with Crippen molar-refractivity contribution in [3.63, 3.8) is 0 Å². The molecule has 1 N–H and O–H groups in total. The Hall–Kier alpha value is -0.0800. The molecule has 2 fully saturated rings. The quantitative estimate of drug-likeness (QED) is 0.736. The van der Waals surface area contributed by atoms with E-state index in [0.717, 1.165) is 12.0 Å². The normalized spacial score (nSPS) is 36.9. The van der Waals surface area contributed by atoms with E-state index in [9.17, 15) is 0 Å². The molecule has 1 heterocycles. The van der Waals surface area contributed by atoms with Gasteiger partial charge in [-0.15, -0.1) is 0 Å². The third-order valence-electron chi connectivity index (χ3n) is 4.33. The molecule has 0 radical (unpaired) electrons. The second-order valence-corrected chi connectivity index (χ2v) is 6.55. The highest BCUT2D eigenvalue weighted by molar-refractivity contribution is 4.89. The van der Waals surface area contributed by atoms with Crippen LogP contribution in [0.4, 0.5) is 0 Å². The Labute approximate surface area is 101 Å². The Balaban J connectivity index is 1.92. The van der Waals surface area contributed by atoms with Crippen molar-refractivity contribution in [2.45, 2.75) is 64.5 Å². The van der Waals surface area contributed by atoms with E-state index in [-0.39, 0.29) is 0 Å². The Bertz CT molecular complexity index is 217. The molecule has 2 heteroatoms. The van der Waals surface area contributed by atoms with Crippen LogP contribution >= 0.6 is 0 Å². The zero-order chi connectivity index (χ0) is 11.6. The third-order valence-corrected chi connectivity index (χ3v) is 4.33. The second kappa shape index (κ2) is 5.05. The van der Waals surface area contributed by atoms with Gasteiger partial charge in [-0.25, -0.2) is 0 Å². The lowest BCUT2D eigenvalue weighted by Crippen LogP contribution is -2.49. The van der Waals surface area contributed by atoms with Crippen LogP contribution in [0.3, 0.4) is 0 Å². The molecule has 1 saturated carbocycles. The van der Waals surface area contributed by atoms with Gasteiger partial charge in [0.1, 0.15) is 0 Å². The first-order valence-corrected chi connectivity index (χ1v) is 7.06. The van der Waals surface area contributed by atoms with Crippen LogP contribution in [0.5, 0.6) is 0 Å². The maximum atomic E-state index is 3.66. The highest BCUT2D eigenvalue weighted by Crippen LogP contribution is 2.28. The average molecular weight is 224 g/mol. The smallest absolute Gasteiger partial charge is 0.0252 e. The monoisotopic (exact) mass is 224 g/mol. The van der Waals surface area contributed by atoms with Crippen molar-refractivity contribution in [2.75, 3.05) is 19.6 Å². The molecule has 1 aliphatic heterocycles. The van der Waals surface area contributed by atoms with Gasteiger partial charge in [-0.3, -0.25) is 4.90 Å². The Morgan fingerprint density at radius 2 is 1.81 bits per heavy atom. The van der Waals surface area contributed by atoms with Crippen LogP contribution in [0.1, 0.15) is 52.9 Å². The summed E-state index contributed by atoms with van der Waals surface area (Å²) in [6.45, 7) is 10.8. The predicted octanol–water partition coefficient (Wildman–Crippen LogP) is 2.64. The van der Waals surface area contributed by atoms with E-state index in [2.05, 4.69) is 31.0 Å². The molecule has 1 saturated heterocycles. The molecule has 0 atom stereocenters. The van der Waals surface area contributed by atoms with Crippen LogP contribution in [-0.2, 0) is 0 Å². The topological polar surface area (TPSA) is 15.3 Å². The van der Waals surface area contributed by atoms with Gasteiger partial charge < -0.3 is 5.32 Å². The van der Waals surface area contributed by atoms with Gasteiger partial charge in [-0.2, -0.15) is 0 Å². The van der Waals surface area contributed by atoms with Gasteiger partial charge in [0, 0.05) is 18.1 Å². The largest absolute Gasteiger partial charge is 0.310 e. The maximum absolute atomic E-state index is 3.66. The fourth-order valence-electron chi connectivity index (χ4n) is 3.27. The zero-order valence-electron chi connectivity index (χ0n) is 11.3. The van der Waals surface area contributed by atoms with Crippen LogP contribution < -0.4 is 5.32 Å². The summed E-state index contributed by atoms with van der Waals surface area (Å²) >= 11 is 0. The molecular weight excluding hydrogens is 196 g/mol. The van der Waals surface area contributed by atoms with Crippen molar-refractivity contribution in [1.82, 2.24) is 10.2 Å². The molecule has 0 aromatic heterocycles. The number of rotatable bonds is 1. The van der Waals surface area contributed by atoms with Crippen LogP contribution in [0.25, 0.3) is 0 Å². The van der Waals surface area contributed by atoms with Crippen LogP contribution in [0, 0.1) is 5.92 Å². The summed E-state index contributed by atoms with van der Waals surface area (Å²) in [5.41, 5.74) is 0.305. The first-order valence-electron chi connectivity index (χ1n) is 7.06. The predicted molar refractivity (Wildman–Crippen MR) is 69.7 cm³/mol. The van der Waals surface area contributed by atoms with Crippen LogP contribution in [0.2, 0.25) is 0 Å². The minimum atomic E-state index is 0.305. The van der Waals surface area contributed by atoms with Gasteiger partial charge in [0.15, 0.2) is 0 Å². The molecular formula is C14H28N2. The van der Waals surface area contributed by atoms with Gasteiger partial charge in [-0.1, -0.05) is 6.92 Å². The summed E-state index contributed by atoms with van der Waals surface area (Å²) < 4.78 is 0. The molecule has 1 aliphatic carbocycles. The molecule has 0 aromatic rings. The van der Waals surface area contributed by atoms with Crippen molar-refractivity contribution in [1.29, 1.82) is 0 Å². The molecule has 0 amide bonds. The molecule has 0 spiro atoms. The summed E-state index contributed by atoms with van der Waals surface area (Å²) in [7, 11) is 0. The summed E-state index contributed by atoms with van der Waals surface area (Å²) in [4.78, 5) is 2.76. The number of nitrogens with zero attached hydrogens (tertiary/aromatic N) is 1. The Morgan fingerprint density at radius 3 is 2.50 bits per heavy atom. The van der Waals surface area contributed by atoms with Crippen molar-refractivity contribution in [3.05, 3.63) is 0 Å². The highest BCUT2D eigenvalue weighted by atomic mass is 15.2. The molecule has 16 heavy (non-hydrogen) atoms. The Morgan fingerprint density at radius 1 is 1.12 bits per heavy atom. The van der Waals surface area contributed by atoms with E-state index in [1.54, 1.807) is 0 Å². The summed E-state index contributed by atoms with van der Waals surface area (Å²) in [5, 5.41) is 3.66. The van der Waals surface area contributed by atoms with E-state index in [4.69, 9.17) is 0 Å².